The second-order valence-electron chi connectivity index (χ2n) is 5.97. The van der Waals surface area contributed by atoms with Crippen molar-refractivity contribution in [1.82, 2.24) is 5.32 Å². The molecule has 1 atom stereocenters. The van der Waals surface area contributed by atoms with Crippen molar-refractivity contribution in [2.75, 3.05) is 18.5 Å². The van der Waals surface area contributed by atoms with Gasteiger partial charge >= 0.3 is 23.9 Å². The summed E-state index contributed by atoms with van der Waals surface area (Å²) in [6.07, 6.45) is -3.83. The van der Waals surface area contributed by atoms with Crippen molar-refractivity contribution < 1.29 is 32.2 Å². The predicted octanol–water partition coefficient (Wildman–Crippen LogP) is 3.48. The molecule has 7 nitrogen and oxygen atoms in total. The summed E-state index contributed by atoms with van der Waals surface area (Å²) in [5, 5.41) is 13.0. The molecule has 1 aromatic rings. The minimum absolute atomic E-state index is 0.0447. The van der Waals surface area contributed by atoms with E-state index in [1.54, 1.807) is 5.32 Å². The van der Waals surface area contributed by atoms with E-state index in [1.165, 1.54) is 13.8 Å². The van der Waals surface area contributed by atoms with E-state index >= 15 is 0 Å². The molecule has 2 rings (SSSR count). The molecule has 0 aromatic carbocycles. The molecule has 2 N–H and O–H groups in total. The molecule has 1 aromatic heterocycles. The number of ether oxygens (including phenoxy) is 2. The highest BCUT2D eigenvalue weighted by Gasteiger charge is 2.64. The summed E-state index contributed by atoms with van der Waals surface area (Å²) in [6, 6.07) is 1.91. The SMILES string of the molecule is CCOC(=O)N[C@@](Nc1sc2c(c1C#N)CCCC2)(C(=O)OCC)C(F)(F)F. The number of rotatable bonds is 6. The fourth-order valence-corrected chi connectivity index (χ4v) is 4.19. The van der Waals surface area contributed by atoms with Crippen LogP contribution in [0.15, 0.2) is 0 Å². The highest BCUT2D eigenvalue weighted by Crippen LogP contribution is 2.41. The molecule has 0 spiro atoms. The lowest BCUT2D eigenvalue weighted by Gasteiger charge is -2.34. The molecule has 1 amide bonds. The largest absolute Gasteiger partial charge is 0.463 e. The summed E-state index contributed by atoms with van der Waals surface area (Å²) in [7, 11) is 0. The number of nitrogens with one attached hydrogen (secondary N) is 2. The Morgan fingerprint density at radius 3 is 2.39 bits per heavy atom. The van der Waals surface area contributed by atoms with Gasteiger partial charge in [0.15, 0.2) is 0 Å². The molecule has 1 aliphatic rings. The number of nitriles is 1. The van der Waals surface area contributed by atoms with E-state index in [0.29, 0.717) is 18.4 Å². The average molecular weight is 419 g/mol. The monoisotopic (exact) mass is 419 g/mol. The van der Waals surface area contributed by atoms with Crippen LogP contribution in [0.25, 0.3) is 0 Å². The van der Waals surface area contributed by atoms with Gasteiger partial charge in [-0.25, -0.2) is 9.59 Å². The third kappa shape index (κ3) is 4.16. The highest BCUT2D eigenvalue weighted by molar-refractivity contribution is 7.16. The standard InChI is InChI=1S/C17H20F3N3O4S/c1-3-26-14(24)16(17(18,19)20,23-15(25)27-4-2)22-13-11(9-21)10-7-5-6-8-12(10)28-13/h22H,3-8H2,1-2H3,(H,23,25)/t16-/m0/s1. The molecule has 0 aliphatic heterocycles. The van der Waals surface area contributed by atoms with Gasteiger partial charge in [0.25, 0.3) is 0 Å². The summed E-state index contributed by atoms with van der Waals surface area (Å²) in [6.45, 7) is 2.22. The van der Waals surface area contributed by atoms with E-state index < -0.39 is 23.9 Å². The lowest BCUT2D eigenvalue weighted by molar-refractivity contribution is -0.205. The fourth-order valence-electron chi connectivity index (χ4n) is 2.89. The number of hydrogen-bond acceptors (Lipinski definition) is 7. The third-order valence-corrected chi connectivity index (χ3v) is 5.36. The van der Waals surface area contributed by atoms with Crippen LogP contribution < -0.4 is 10.6 Å². The van der Waals surface area contributed by atoms with Gasteiger partial charge in [0.1, 0.15) is 11.1 Å². The number of carbonyl (C=O) groups is 2. The van der Waals surface area contributed by atoms with E-state index in [1.807, 2.05) is 6.07 Å². The summed E-state index contributed by atoms with van der Waals surface area (Å²) < 4.78 is 51.3. The second kappa shape index (κ2) is 8.68. The van der Waals surface area contributed by atoms with Crippen LogP contribution in [0.3, 0.4) is 0 Å². The zero-order chi connectivity index (χ0) is 20.9. The highest BCUT2D eigenvalue weighted by atomic mass is 32.1. The van der Waals surface area contributed by atoms with E-state index in [9.17, 15) is 28.0 Å². The number of fused-ring (bicyclic) bond motifs is 1. The molecule has 0 unspecified atom stereocenters. The van der Waals surface area contributed by atoms with Crippen LogP contribution in [0.1, 0.15) is 42.7 Å². The van der Waals surface area contributed by atoms with E-state index in [-0.39, 0.29) is 23.8 Å². The van der Waals surface area contributed by atoms with Gasteiger partial charge in [-0.1, -0.05) is 0 Å². The van der Waals surface area contributed by atoms with Gasteiger partial charge in [0, 0.05) is 4.88 Å². The van der Waals surface area contributed by atoms with Crippen molar-refractivity contribution in [2.24, 2.45) is 0 Å². The first kappa shape index (κ1) is 21.8. The lowest BCUT2D eigenvalue weighted by atomic mass is 9.96. The van der Waals surface area contributed by atoms with Crippen molar-refractivity contribution in [3.05, 3.63) is 16.0 Å². The van der Waals surface area contributed by atoms with Crippen molar-refractivity contribution in [1.29, 1.82) is 5.26 Å². The smallest absolute Gasteiger partial charge is 0.442 e. The van der Waals surface area contributed by atoms with Crippen LogP contribution in [0, 0.1) is 11.3 Å². The molecule has 154 valence electrons. The van der Waals surface area contributed by atoms with Gasteiger partial charge in [-0.15, -0.1) is 11.3 Å². The maximum absolute atomic E-state index is 14.0. The van der Waals surface area contributed by atoms with Crippen LogP contribution in [-0.4, -0.2) is 37.1 Å². The maximum Gasteiger partial charge on any atom is 0.442 e. The first-order valence-corrected chi connectivity index (χ1v) is 9.53. The molecular weight excluding hydrogens is 399 g/mol. The summed E-state index contributed by atoms with van der Waals surface area (Å²) in [5.74, 6) is -1.74. The number of nitrogens with zero attached hydrogens (tertiary/aromatic N) is 1. The van der Waals surface area contributed by atoms with Crippen LogP contribution in [-0.2, 0) is 27.1 Å². The molecule has 0 saturated carbocycles. The lowest BCUT2D eigenvalue weighted by Crippen LogP contribution is -2.69. The molecule has 0 fully saturated rings. The Hall–Kier alpha value is -2.48. The molecule has 11 heteroatoms. The van der Waals surface area contributed by atoms with Crippen molar-refractivity contribution in [3.8, 4) is 6.07 Å². The van der Waals surface area contributed by atoms with Gasteiger partial charge in [-0.2, -0.15) is 18.4 Å². The van der Waals surface area contributed by atoms with Crippen LogP contribution in [0.5, 0.6) is 0 Å². The van der Waals surface area contributed by atoms with Crippen molar-refractivity contribution in [2.45, 2.75) is 51.4 Å². The Bertz CT molecular complexity index is 788. The van der Waals surface area contributed by atoms with Gasteiger partial charge in [0.05, 0.1) is 18.8 Å². The number of halogens is 3. The van der Waals surface area contributed by atoms with Crippen LogP contribution >= 0.6 is 11.3 Å². The number of alkyl halides is 3. The van der Waals surface area contributed by atoms with E-state index in [2.05, 4.69) is 14.8 Å². The number of esters is 1. The van der Waals surface area contributed by atoms with Crippen LogP contribution in [0.4, 0.5) is 23.0 Å². The number of alkyl carbamates (subject to hydrolysis) is 1. The maximum atomic E-state index is 14.0. The number of amides is 1. The molecule has 0 radical (unpaired) electrons. The zero-order valence-corrected chi connectivity index (χ0v) is 16.2. The Morgan fingerprint density at radius 1 is 1.18 bits per heavy atom. The Labute approximate surface area is 163 Å². The first-order chi connectivity index (χ1) is 13.2. The molecular formula is C17H20F3N3O4S. The Kier molecular flexibility index (Phi) is 6.77. The second-order valence-corrected chi connectivity index (χ2v) is 7.07. The molecule has 1 heterocycles. The Morgan fingerprint density at radius 2 is 1.82 bits per heavy atom. The predicted molar refractivity (Wildman–Crippen MR) is 94.9 cm³/mol. The van der Waals surface area contributed by atoms with E-state index in [0.717, 1.165) is 29.1 Å². The quantitative estimate of drug-likeness (QED) is 0.541. The van der Waals surface area contributed by atoms with Gasteiger partial charge in [-0.3, -0.25) is 5.32 Å². The summed E-state index contributed by atoms with van der Waals surface area (Å²) >= 11 is 0.972. The number of aryl methyl sites for hydroxylation is 1. The molecule has 1 aliphatic carbocycles. The Balaban J connectivity index is 2.55. The summed E-state index contributed by atoms with van der Waals surface area (Å²) in [5.41, 5.74) is -2.87. The molecule has 28 heavy (non-hydrogen) atoms. The minimum Gasteiger partial charge on any atom is -0.463 e. The molecule has 0 bridgehead atoms. The number of hydrogen-bond donors (Lipinski definition) is 2. The summed E-state index contributed by atoms with van der Waals surface area (Å²) in [4.78, 5) is 24.9. The first-order valence-electron chi connectivity index (χ1n) is 8.71. The normalized spacial score (nSPS) is 15.6. The third-order valence-electron chi connectivity index (χ3n) is 4.16. The van der Waals surface area contributed by atoms with Crippen molar-refractivity contribution >= 4 is 28.4 Å². The number of thiophene rings is 1. The zero-order valence-electron chi connectivity index (χ0n) is 15.4. The van der Waals surface area contributed by atoms with Gasteiger partial charge in [0.2, 0.25) is 0 Å². The van der Waals surface area contributed by atoms with Gasteiger partial charge in [-0.05, 0) is 45.1 Å². The fraction of sp³-hybridized carbons (Fsp3) is 0.588. The van der Waals surface area contributed by atoms with Crippen molar-refractivity contribution in [3.63, 3.8) is 0 Å². The number of carbonyl (C=O) groups excluding carboxylic acids is 2. The van der Waals surface area contributed by atoms with Gasteiger partial charge < -0.3 is 14.8 Å². The average Bonchev–Trinajstić information content (AvgIpc) is 2.97. The van der Waals surface area contributed by atoms with Crippen LogP contribution in [0.2, 0.25) is 0 Å². The number of anilines is 1. The van der Waals surface area contributed by atoms with E-state index in [4.69, 9.17) is 0 Å². The minimum atomic E-state index is -5.27. The topological polar surface area (TPSA) is 100 Å². The molecule has 0 saturated heterocycles.